The summed E-state index contributed by atoms with van der Waals surface area (Å²) in [5.41, 5.74) is 0.941. The van der Waals surface area contributed by atoms with Crippen molar-refractivity contribution in [1.82, 2.24) is 25.1 Å². The Morgan fingerprint density at radius 1 is 1.24 bits per heavy atom. The number of benzene rings is 1. The Labute approximate surface area is 198 Å². The molecule has 3 heterocycles. The molecule has 3 N–H and O–H groups in total. The van der Waals surface area contributed by atoms with Gasteiger partial charge in [0.2, 0.25) is 12.0 Å². The van der Waals surface area contributed by atoms with Crippen LogP contribution in [0.1, 0.15) is 6.92 Å². The molecule has 3 aromatic heterocycles. The van der Waals surface area contributed by atoms with Gasteiger partial charge >= 0.3 is 0 Å². The van der Waals surface area contributed by atoms with Crippen molar-refractivity contribution < 1.29 is 23.8 Å². The van der Waals surface area contributed by atoms with Crippen molar-refractivity contribution in [1.29, 1.82) is 0 Å². The Kier molecular flexibility index (Phi) is 7.26. The van der Waals surface area contributed by atoms with Crippen LogP contribution in [0.5, 0.6) is 5.88 Å². The number of anilines is 1. The molecule has 0 saturated heterocycles. The minimum Gasteiger partial charge on any atom is -0.461 e. The lowest BCUT2D eigenvalue weighted by Gasteiger charge is -2.20. The van der Waals surface area contributed by atoms with Crippen LogP contribution in [0.25, 0.3) is 22.4 Å². The summed E-state index contributed by atoms with van der Waals surface area (Å²) in [4.78, 5) is 25.7. The fraction of sp³-hybridized carbons (Fsp3) is 0.227. The van der Waals surface area contributed by atoms with Gasteiger partial charge in [0.1, 0.15) is 17.0 Å². The Bertz CT molecular complexity index is 1290. The number of pyridine rings is 1. The molecule has 0 radical (unpaired) electrons. The van der Waals surface area contributed by atoms with Crippen molar-refractivity contribution in [3.05, 3.63) is 59.6 Å². The molecule has 1 amide bonds. The lowest BCUT2D eigenvalue weighted by atomic mass is 10.2. The quantitative estimate of drug-likeness (QED) is 0.328. The molecular weight excluding hydrogens is 467 g/mol. The minimum atomic E-state index is -1.20. The number of carbonyl (C=O) groups excluding carboxylic acids is 1. The Morgan fingerprint density at radius 3 is 2.79 bits per heavy atom. The van der Waals surface area contributed by atoms with E-state index in [1.165, 1.54) is 12.3 Å². The topological polar surface area (TPSA) is 135 Å². The number of nitrogens with one attached hydrogen (secondary N) is 2. The number of aromatic amines is 1. The number of fused-ring (bicyclic) bond motifs is 1. The van der Waals surface area contributed by atoms with E-state index in [0.29, 0.717) is 21.6 Å². The normalized spacial score (nSPS) is 12.9. The van der Waals surface area contributed by atoms with Gasteiger partial charge in [0.15, 0.2) is 11.5 Å². The van der Waals surface area contributed by atoms with Gasteiger partial charge in [-0.2, -0.15) is 10.1 Å². The van der Waals surface area contributed by atoms with E-state index in [-0.39, 0.29) is 30.7 Å². The van der Waals surface area contributed by atoms with Gasteiger partial charge in [0.25, 0.3) is 5.91 Å². The first kappa shape index (κ1) is 23.5. The van der Waals surface area contributed by atoms with Crippen LogP contribution in [-0.4, -0.2) is 61.6 Å². The van der Waals surface area contributed by atoms with Crippen LogP contribution < -0.4 is 10.1 Å². The van der Waals surface area contributed by atoms with Gasteiger partial charge < -0.3 is 19.9 Å². The van der Waals surface area contributed by atoms with Crippen LogP contribution >= 0.6 is 11.6 Å². The molecule has 0 bridgehead atoms. The zero-order chi connectivity index (χ0) is 24.1. The lowest BCUT2D eigenvalue weighted by molar-refractivity contribution is -0.127. The number of ether oxygens (including phenoxy) is 2. The molecule has 10 nitrogen and oxygen atoms in total. The summed E-state index contributed by atoms with van der Waals surface area (Å²) in [6.45, 7) is 1.19. The van der Waals surface area contributed by atoms with E-state index in [0.717, 1.165) is 12.3 Å². The molecule has 0 unspecified atom stereocenters. The van der Waals surface area contributed by atoms with E-state index in [2.05, 4.69) is 30.5 Å². The zero-order valence-corrected chi connectivity index (χ0v) is 18.7. The van der Waals surface area contributed by atoms with Gasteiger partial charge in [-0.05, 0) is 31.2 Å². The van der Waals surface area contributed by atoms with Gasteiger partial charge in [-0.1, -0.05) is 23.7 Å². The first-order valence-electron chi connectivity index (χ1n) is 10.2. The fourth-order valence-electron chi connectivity index (χ4n) is 2.92. The number of aromatic nitrogens is 5. The minimum absolute atomic E-state index is 0.0705. The molecule has 12 heteroatoms. The lowest BCUT2D eigenvalue weighted by Crippen LogP contribution is -2.38. The van der Waals surface area contributed by atoms with Crippen LogP contribution in [-0.2, 0) is 9.53 Å². The second-order valence-corrected chi connectivity index (χ2v) is 7.66. The molecule has 1 aromatic carbocycles. The molecule has 34 heavy (non-hydrogen) atoms. The van der Waals surface area contributed by atoms with Gasteiger partial charge in [0, 0.05) is 5.56 Å². The van der Waals surface area contributed by atoms with Crippen LogP contribution in [0, 0.1) is 5.82 Å². The summed E-state index contributed by atoms with van der Waals surface area (Å²) < 4.78 is 24.7. The van der Waals surface area contributed by atoms with Crippen LogP contribution in [0.3, 0.4) is 0 Å². The SMILES string of the molecule is C[C@H](CO)OC[C@H](Oc1nc(-c2ccccc2Cl)nc2[nH]ncc12)C(=O)Nc1ccc(F)cn1. The number of hydrogen-bond acceptors (Lipinski definition) is 8. The number of halogens is 2. The van der Waals surface area contributed by atoms with E-state index in [9.17, 15) is 14.3 Å². The number of nitrogens with zero attached hydrogens (tertiary/aromatic N) is 4. The third kappa shape index (κ3) is 5.45. The van der Waals surface area contributed by atoms with Crippen LogP contribution in [0.4, 0.5) is 10.2 Å². The molecule has 0 aliphatic heterocycles. The Hall–Kier alpha value is -3.67. The number of H-pyrrole nitrogens is 1. The summed E-state index contributed by atoms with van der Waals surface area (Å²) in [5.74, 6) is -0.689. The number of rotatable bonds is 9. The molecule has 0 aliphatic carbocycles. The predicted octanol–water partition coefficient (Wildman–Crippen LogP) is 2.99. The van der Waals surface area contributed by atoms with E-state index in [4.69, 9.17) is 21.1 Å². The Balaban J connectivity index is 1.66. The van der Waals surface area contributed by atoms with Crippen molar-refractivity contribution in [3.63, 3.8) is 0 Å². The average Bonchev–Trinajstić information content (AvgIpc) is 3.32. The van der Waals surface area contributed by atoms with Gasteiger partial charge in [-0.3, -0.25) is 9.89 Å². The van der Waals surface area contributed by atoms with Gasteiger partial charge in [-0.25, -0.2) is 14.4 Å². The zero-order valence-electron chi connectivity index (χ0n) is 17.9. The third-order valence-corrected chi connectivity index (χ3v) is 5.03. The molecule has 4 aromatic rings. The van der Waals surface area contributed by atoms with Crippen molar-refractivity contribution in [3.8, 4) is 17.3 Å². The van der Waals surface area contributed by atoms with E-state index < -0.39 is 23.9 Å². The average molecular weight is 487 g/mol. The molecular formula is C22H20ClFN6O4. The molecule has 0 fully saturated rings. The van der Waals surface area contributed by atoms with Crippen LogP contribution in [0.2, 0.25) is 5.02 Å². The fourth-order valence-corrected chi connectivity index (χ4v) is 3.14. The highest BCUT2D eigenvalue weighted by molar-refractivity contribution is 6.33. The van der Waals surface area contributed by atoms with Crippen molar-refractivity contribution in [2.24, 2.45) is 0 Å². The summed E-state index contributed by atoms with van der Waals surface area (Å²) in [7, 11) is 0. The molecule has 0 saturated carbocycles. The maximum absolute atomic E-state index is 13.2. The third-order valence-electron chi connectivity index (χ3n) is 4.70. The molecule has 176 valence electrons. The van der Waals surface area contributed by atoms with Gasteiger partial charge in [-0.15, -0.1) is 0 Å². The molecule has 0 aliphatic rings. The highest BCUT2D eigenvalue weighted by Gasteiger charge is 2.25. The summed E-state index contributed by atoms with van der Waals surface area (Å²) in [6.07, 6.45) is 0.702. The summed E-state index contributed by atoms with van der Waals surface area (Å²) in [6, 6.07) is 9.50. The monoisotopic (exact) mass is 486 g/mol. The standard InChI is InChI=1S/C22H20ClFN6O4/c1-12(10-31)33-11-17(21(32)27-18-7-6-13(24)8-25-18)34-22-15-9-26-30-20(15)28-19(29-22)14-4-2-3-5-16(14)23/h2-9,12,17,31H,10-11H2,1H3,(H,25,27,32)(H,26,28,29,30)/t12-,17+/m1/s1. The second-order valence-electron chi connectivity index (χ2n) is 7.25. The highest BCUT2D eigenvalue weighted by Crippen LogP contribution is 2.30. The number of carbonyl (C=O) groups is 1. The van der Waals surface area contributed by atoms with Crippen molar-refractivity contribution >= 4 is 34.4 Å². The Morgan fingerprint density at radius 2 is 2.06 bits per heavy atom. The number of aliphatic hydroxyl groups is 1. The maximum Gasteiger partial charge on any atom is 0.269 e. The van der Waals surface area contributed by atoms with Crippen molar-refractivity contribution in [2.45, 2.75) is 19.1 Å². The smallest absolute Gasteiger partial charge is 0.269 e. The van der Waals surface area contributed by atoms with E-state index in [1.54, 1.807) is 31.2 Å². The molecule has 0 spiro atoms. The number of hydrogen-bond donors (Lipinski definition) is 3. The first-order valence-corrected chi connectivity index (χ1v) is 10.6. The predicted molar refractivity (Wildman–Crippen MR) is 122 cm³/mol. The maximum atomic E-state index is 13.2. The first-order chi connectivity index (χ1) is 16.4. The second kappa shape index (κ2) is 10.5. The number of amides is 1. The van der Waals surface area contributed by atoms with Crippen LogP contribution in [0.15, 0.2) is 48.8 Å². The summed E-state index contributed by atoms with van der Waals surface area (Å²) >= 11 is 6.31. The van der Waals surface area contributed by atoms with E-state index >= 15 is 0 Å². The molecule has 2 atom stereocenters. The van der Waals surface area contributed by atoms with Crippen molar-refractivity contribution in [2.75, 3.05) is 18.5 Å². The molecule has 4 rings (SSSR count). The van der Waals surface area contributed by atoms with Gasteiger partial charge in [0.05, 0.1) is 36.7 Å². The largest absolute Gasteiger partial charge is 0.461 e. The van der Waals surface area contributed by atoms with E-state index in [1.807, 2.05) is 0 Å². The number of aliphatic hydroxyl groups excluding tert-OH is 1. The highest BCUT2D eigenvalue weighted by atomic mass is 35.5. The summed E-state index contributed by atoms with van der Waals surface area (Å²) in [5, 5.41) is 19.5.